The van der Waals surface area contributed by atoms with Crippen molar-refractivity contribution in [2.24, 2.45) is 0 Å². The summed E-state index contributed by atoms with van der Waals surface area (Å²) in [6, 6.07) is 26.0. The Bertz CT molecular complexity index is 758. The molecule has 0 saturated carbocycles. The van der Waals surface area contributed by atoms with Gasteiger partial charge in [0, 0.05) is 17.3 Å². The number of anilines is 1. The van der Waals surface area contributed by atoms with Crippen LogP contribution in [0.4, 0.5) is 5.69 Å². The Morgan fingerprint density at radius 1 is 0.783 bits per heavy atom. The average Bonchev–Trinajstić information content (AvgIpc) is 2.60. The molecule has 3 heteroatoms. The summed E-state index contributed by atoms with van der Waals surface area (Å²) in [6.07, 6.45) is 0. The van der Waals surface area contributed by atoms with Crippen molar-refractivity contribution in [1.29, 1.82) is 0 Å². The fourth-order valence-electron chi connectivity index (χ4n) is 2.30. The largest absolute Gasteiger partial charge is 0.489 e. The molecular weight excluding hydrogens is 306 g/mol. The molecule has 3 aromatic carbocycles. The highest BCUT2D eigenvalue weighted by Gasteiger charge is 2.00. The summed E-state index contributed by atoms with van der Waals surface area (Å²) in [6.45, 7) is 1.27. The Morgan fingerprint density at radius 3 is 2.39 bits per heavy atom. The van der Waals surface area contributed by atoms with Crippen LogP contribution < -0.4 is 10.1 Å². The van der Waals surface area contributed by atoms with Crippen molar-refractivity contribution >= 4 is 17.3 Å². The molecule has 1 N–H and O–H groups in total. The molecule has 0 bridgehead atoms. The molecule has 0 spiro atoms. The number of hydrogen-bond acceptors (Lipinski definition) is 2. The summed E-state index contributed by atoms with van der Waals surface area (Å²) in [7, 11) is 0. The third-order valence-corrected chi connectivity index (χ3v) is 3.70. The summed E-state index contributed by atoms with van der Waals surface area (Å²) in [5, 5.41) is 4.13. The lowest BCUT2D eigenvalue weighted by Crippen LogP contribution is -2.00. The van der Waals surface area contributed by atoms with E-state index < -0.39 is 0 Å². The lowest BCUT2D eigenvalue weighted by atomic mass is 10.2. The molecular formula is C20H18ClNO. The molecule has 116 valence electrons. The number of halogens is 1. The summed E-state index contributed by atoms with van der Waals surface area (Å²) in [4.78, 5) is 0. The van der Waals surface area contributed by atoms with Crippen molar-refractivity contribution in [3.63, 3.8) is 0 Å². The van der Waals surface area contributed by atoms with Gasteiger partial charge < -0.3 is 10.1 Å². The summed E-state index contributed by atoms with van der Waals surface area (Å²) in [5.74, 6) is 0.859. The van der Waals surface area contributed by atoms with Gasteiger partial charge in [-0.15, -0.1) is 0 Å². The van der Waals surface area contributed by atoms with Gasteiger partial charge in [0.05, 0.1) is 0 Å². The minimum atomic E-state index is 0.510. The van der Waals surface area contributed by atoms with Crippen LogP contribution in [0.3, 0.4) is 0 Å². The molecule has 0 unspecified atom stereocenters. The monoisotopic (exact) mass is 323 g/mol. The van der Waals surface area contributed by atoms with Crippen molar-refractivity contribution in [1.82, 2.24) is 0 Å². The lowest BCUT2D eigenvalue weighted by molar-refractivity contribution is 0.306. The van der Waals surface area contributed by atoms with Crippen LogP contribution in [0, 0.1) is 0 Å². The maximum absolute atomic E-state index is 5.99. The van der Waals surface area contributed by atoms with E-state index in [1.54, 1.807) is 0 Å². The number of hydrogen-bond donors (Lipinski definition) is 1. The third-order valence-electron chi connectivity index (χ3n) is 3.46. The van der Waals surface area contributed by atoms with Crippen LogP contribution in [0.1, 0.15) is 11.1 Å². The number of nitrogens with one attached hydrogen (secondary N) is 1. The molecule has 0 saturated heterocycles. The highest BCUT2D eigenvalue weighted by atomic mass is 35.5. The molecule has 0 atom stereocenters. The molecule has 0 aliphatic rings. The second-order valence-electron chi connectivity index (χ2n) is 5.29. The maximum Gasteiger partial charge on any atom is 0.120 e. The van der Waals surface area contributed by atoms with E-state index in [2.05, 4.69) is 29.6 Å². The molecule has 2 nitrogen and oxygen atoms in total. The van der Waals surface area contributed by atoms with Gasteiger partial charge >= 0.3 is 0 Å². The Morgan fingerprint density at radius 2 is 1.57 bits per heavy atom. The molecule has 0 heterocycles. The fraction of sp³-hybridized carbons (Fsp3) is 0.100. The topological polar surface area (TPSA) is 21.3 Å². The number of ether oxygens (including phenoxy) is 1. The molecule has 23 heavy (non-hydrogen) atoms. The molecule has 0 aromatic heterocycles. The Kier molecular flexibility index (Phi) is 5.17. The van der Waals surface area contributed by atoms with Crippen molar-refractivity contribution in [2.75, 3.05) is 5.32 Å². The van der Waals surface area contributed by atoms with E-state index in [0.717, 1.165) is 28.6 Å². The second-order valence-corrected chi connectivity index (χ2v) is 5.72. The molecule has 0 fully saturated rings. The predicted octanol–water partition coefficient (Wildman–Crippen LogP) is 5.53. The van der Waals surface area contributed by atoms with Gasteiger partial charge in [-0.05, 0) is 47.5 Å². The Labute approximate surface area is 141 Å². The van der Waals surface area contributed by atoms with Gasteiger partial charge in [-0.3, -0.25) is 0 Å². The smallest absolute Gasteiger partial charge is 0.120 e. The molecule has 0 amide bonds. The van der Waals surface area contributed by atoms with E-state index in [4.69, 9.17) is 16.3 Å². The van der Waals surface area contributed by atoms with E-state index >= 15 is 0 Å². The number of benzene rings is 3. The second kappa shape index (κ2) is 7.70. The Hall–Kier alpha value is -2.45. The molecule has 0 aliphatic carbocycles. The van der Waals surface area contributed by atoms with Crippen LogP contribution in [0.5, 0.6) is 5.75 Å². The normalized spacial score (nSPS) is 10.3. The van der Waals surface area contributed by atoms with Gasteiger partial charge in [0.15, 0.2) is 0 Å². The first-order valence-electron chi connectivity index (χ1n) is 7.55. The first-order chi connectivity index (χ1) is 11.3. The zero-order chi connectivity index (χ0) is 15.9. The molecule has 3 rings (SSSR count). The van der Waals surface area contributed by atoms with Gasteiger partial charge in [-0.25, -0.2) is 0 Å². The molecule has 3 aromatic rings. The lowest BCUT2D eigenvalue weighted by Gasteiger charge is -2.10. The first-order valence-corrected chi connectivity index (χ1v) is 7.92. The van der Waals surface area contributed by atoms with E-state index in [0.29, 0.717) is 6.61 Å². The predicted molar refractivity (Wildman–Crippen MR) is 96.0 cm³/mol. The summed E-state index contributed by atoms with van der Waals surface area (Å²) >= 11 is 5.99. The van der Waals surface area contributed by atoms with Crippen molar-refractivity contribution < 1.29 is 4.74 Å². The van der Waals surface area contributed by atoms with Crippen molar-refractivity contribution in [2.45, 2.75) is 13.2 Å². The van der Waals surface area contributed by atoms with Crippen molar-refractivity contribution in [3.8, 4) is 5.75 Å². The van der Waals surface area contributed by atoms with Gasteiger partial charge in [0.25, 0.3) is 0 Å². The van der Waals surface area contributed by atoms with Crippen LogP contribution in [-0.4, -0.2) is 0 Å². The molecule has 0 radical (unpaired) electrons. The van der Waals surface area contributed by atoms with Crippen molar-refractivity contribution in [3.05, 3.63) is 95.0 Å². The standard InChI is InChI=1S/C20H18ClNO/c21-18-8-4-7-17(12-18)15-23-20-11-5-6-16(13-20)14-22-19-9-2-1-3-10-19/h1-13,22H,14-15H2. The van der Waals surface area contributed by atoms with E-state index in [1.165, 1.54) is 5.56 Å². The van der Waals surface area contributed by atoms with E-state index in [-0.39, 0.29) is 0 Å². The summed E-state index contributed by atoms with van der Waals surface area (Å²) < 4.78 is 5.85. The highest BCUT2D eigenvalue weighted by Crippen LogP contribution is 2.18. The number of rotatable bonds is 6. The average molecular weight is 324 g/mol. The Balaban J connectivity index is 1.59. The quantitative estimate of drug-likeness (QED) is 0.644. The van der Waals surface area contributed by atoms with Gasteiger partial charge in [-0.2, -0.15) is 0 Å². The SMILES string of the molecule is Clc1cccc(COc2cccc(CNc3ccccc3)c2)c1. The third kappa shape index (κ3) is 4.76. The van der Waals surface area contributed by atoms with Gasteiger partial charge in [-0.1, -0.05) is 54.1 Å². The highest BCUT2D eigenvalue weighted by molar-refractivity contribution is 6.30. The minimum Gasteiger partial charge on any atom is -0.489 e. The van der Waals surface area contributed by atoms with Gasteiger partial charge in [0.1, 0.15) is 12.4 Å². The van der Waals surface area contributed by atoms with Crippen LogP contribution in [-0.2, 0) is 13.2 Å². The zero-order valence-corrected chi connectivity index (χ0v) is 13.5. The van der Waals surface area contributed by atoms with E-state index in [9.17, 15) is 0 Å². The van der Waals surface area contributed by atoms with Crippen LogP contribution in [0.2, 0.25) is 5.02 Å². The minimum absolute atomic E-state index is 0.510. The van der Waals surface area contributed by atoms with Crippen LogP contribution in [0.25, 0.3) is 0 Å². The zero-order valence-electron chi connectivity index (χ0n) is 12.7. The van der Waals surface area contributed by atoms with E-state index in [1.807, 2.05) is 54.6 Å². The summed E-state index contributed by atoms with van der Waals surface area (Å²) in [5.41, 5.74) is 3.35. The molecule has 0 aliphatic heterocycles. The number of para-hydroxylation sites is 1. The fourth-order valence-corrected chi connectivity index (χ4v) is 2.51. The van der Waals surface area contributed by atoms with Gasteiger partial charge in [0.2, 0.25) is 0 Å². The first kappa shape index (κ1) is 15.4. The van der Waals surface area contributed by atoms with Crippen LogP contribution in [0.15, 0.2) is 78.9 Å². The van der Waals surface area contributed by atoms with Crippen LogP contribution >= 0.6 is 11.6 Å². The maximum atomic E-state index is 5.99.